The standard InChI is InChI=1S/C29H26N4O7S/c1-6-12-40-28(38)25-15(3)30-29(41-25)33-22(17-9-10-18(34)19(13-17)39-5)20(24(36)27(33)37)23(35)21-16(4)32-11-7-8-14(2)26(32)31-21/h6-11,13,22,34-35H,1,12H2,2-5H3/b23-20+. The van der Waals surface area contributed by atoms with Gasteiger partial charge < -0.3 is 24.1 Å². The van der Waals surface area contributed by atoms with Crippen LogP contribution in [0.1, 0.15) is 43.9 Å². The molecule has 4 aromatic rings. The maximum atomic E-state index is 13.6. The van der Waals surface area contributed by atoms with Gasteiger partial charge in [0.05, 0.1) is 30.1 Å². The number of nitrogens with zero attached hydrogens (tertiary/aromatic N) is 4. The van der Waals surface area contributed by atoms with Crippen LogP contribution >= 0.6 is 11.3 Å². The van der Waals surface area contributed by atoms with Gasteiger partial charge in [-0.2, -0.15) is 0 Å². The van der Waals surface area contributed by atoms with Crippen molar-refractivity contribution >= 4 is 45.5 Å². The van der Waals surface area contributed by atoms with Gasteiger partial charge in [-0.15, -0.1) is 0 Å². The smallest absolute Gasteiger partial charge is 0.350 e. The molecule has 1 aliphatic rings. The molecule has 0 bridgehead atoms. The summed E-state index contributed by atoms with van der Waals surface area (Å²) in [5.41, 5.74) is 2.56. The summed E-state index contributed by atoms with van der Waals surface area (Å²) in [7, 11) is 1.36. The number of thiazole rings is 1. The van der Waals surface area contributed by atoms with Gasteiger partial charge in [-0.3, -0.25) is 14.5 Å². The molecule has 12 heteroatoms. The number of pyridine rings is 1. The van der Waals surface area contributed by atoms with Gasteiger partial charge in [0.1, 0.15) is 22.8 Å². The summed E-state index contributed by atoms with van der Waals surface area (Å²) in [6, 6.07) is 6.86. The minimum Gasteiger partial charge on any atom is -0.505 e. The van der Waals surface area contributed by atoms with Gasteiger partial charge in [0.15, 0.2) is 22.4 Å². The highest BCUT2D eigenvalue weighted by atomic mass is 32.1. The van der Waals surface area contributed by atoms with Crippen molar-refractivity contribution in [3.05, 3.63) is 87.8 Å². The lowest BCUT2D eigenvalue weighted by Gasteiger charge is -2.23. The second-order valence-corrected chi connectivity index (χ2v) is 10.3. The van der Waals surface area contributed by atoms with Gasteiger partial charge in [-0.1, -0.05) is 36.1 Å². The molecule has 1 aliphatic heterocycles. The molecule has 1 amide bonds. The number of esters is 1. The van der Waals surface area contributed by atoms with Crippen LogP contribution in [0.4, 0.5) is 5.13 Å². The predicted molar refractivity (Wildman–Crippen MR) is 151 cm³/mol. The van der Waals surface area contributed by atoms with E-state index in [-0.39, 0.29) is 39.4 Å². The van der Waals surface area contributed by atoms with Gasteiger partial charge in [0.2, 0.25) is 0 Å². The number of aliphatic hydroxyl groups excluding tert-OH is 1. The topological polar surface area (TPSA) is 144 Å². The number of fused-ring (bicyclic) bond motifs is 1. The SMILES string of the molecule is C=CCOC(=O)c1sc(N2C(=O)C(=O)/C(=C(/O)c3nc4c(C)cccn4c3C)C2c2ccc(O)c(OC)c2)nc1C. The number of imidazole rings is 1. The average Bonchev–Trinajstić information content (AvgIpc) is 3.59. The lowest BCUT2D eigenvalue weighted by molar-refractivity contribution is -0.132. The van der Waals surface area contributed by atoms with Crippen molar-refractivity contribution in [1.29, 1.82) is 0 Å². The number of aliphatic hydroxyl groups is 1. The van der Waals surface area contributed by atoms with Gasteiger partial charge in [0, 0.05) is 6.20 Å². The molecule has 0 aliphatic carbocycles. The van der Waals surface area contributed by atoms with Gasteiger partial charge in [-0.05, 0) is 50.1 Å². The van der Waals surface area contributed by atoms with Crippen LogP contribution in [-0.2, 0) is 14.3 Å². The molecule has 1 fully saturated rings. The van der Waals surface area contributed by atoms with E-state index in [1.165, 1.54) is 31.4 Å². The number of methoxy groups -OCH3 is 1. The molecule has 4 heterocycles. The first kappa shape index (κ1) is 27.6. The van der Waals surface area contributed by atoms with E-state index in [0.717, 1.165) is 21.8 Å². The van der Waals surface area contributed by atoms with Crippen LogP contribution in [0.15, 0.2) is 54.8 Å². The van der Waals surface area contributed by atoms with Crippen LogP contribution in [0, 0.1) is 20.8 Å². The van der Waals surface area contributed by atoms with Gasteiger partial charge in [0.25, 0.3) is 5.78 Å². The molecule has 1 aromatic carbocycles. The summed E-state index contributed by atoms with van der Waals surface area (Å²) < 4.78 is 12.2. The molecule has 1 atom stereocenters. The van der Waals surface area contributed by atoms with Crippen molar-refractivity contribution in [2.45, 2.75) is 26.8 Å². The first-order chi connectivity index (χ1) is 19.6. The van der Waals surface area contributed by atoms with Crippen molar-refractivity contribution in [1.82, 2.24) is 14.4 Å². The Kier molecular flexibility index (Phi) is 7.09. The number of Topliss-reactive ketones (excluding diaryl/α,β-unsaturated/α-hetero) is 1. The Bertz CT molecular complexity index is 1780. The number of rotatable bonds is 7. The van der Waals surface area contributed by atoms with E-state index in [0.29, 0.717) is 22.6 Å². The van der Waals surface area contributed by atoms with E-state index in [9.17, 15) is 24.6 Å². The zero-order valence-electron chi connectivity index (χ0n) is 22.7. The van der Waals surface area contributed by atoms with E-state index < -0.39 is 29.5 Å². The molecular formula is C29H26N4O7S. The zero-order valence-corrected chi connectivity index (χ0v) is 23.5. The fraction of sp³-hybridized carbons (Fsp3) is 0.207. The van der Waals surface area contributed by atoms with Crippen LogP contribution in [0.5, 0.6) is 11.5 Å². The molecule has 11 nitrogen and oxygen atoms in total. The Morgan fingerprint density at radius 1 is 1.20 bits per heavy atom. The summed E-state index contributed by atoms with van der Waals surface area (Å²) >= 11 is 0.879. The number of ketones is 1. The lowest BCUT2D eigenvalue weighted by atomic mass is 9.96. The number of phenols is 1. The third kappa shape index (κ3) is 4.51. The van der Waals surface area contributed by atoms with Crippen molar-refractivity contribution in [2.75, 3.05) is 18.6 Å². The molecule has 1 unspecified atom stereocenters. The minimum absolute atomic E-state index is 0.0127. The van der Waals surface area contributed by atoms with Crippen molar-refractivity contribution < 1.29 is 34.1 Å². The number of aromatic hydroxyl groups is 1. The van der Waals surface area contributed by atoms with E-state index in [2.05, 4.69) is 16.5 Å². The largest absolute Gasteiger partial charge is 0.505 e. The van der Waals surface area contributed by atoms with Crippen LogP contribution in [-0.4, -0.2) is 56.0 Å². The zero-order chi connectivity index (χ0) is 29.6. The maximum Gasteiger partial charge on any atom is 0.350 e. The summed E-state index contributed by atoms with van der Waals surface area (Å²) in [4.78, 5) is 50.1. The number of hydrogen-bond acceptors (Lipinski definition) is 10. The van der Waals surface area contributed by atoms with E-state index in [4.69, 9.17) is 9.47 Å². The van der Waals surface area contributed by atoms with Crippen LogP contribution in [0.2, 0.25) is 0 Å². The van der Waals surface area contributed by atoms with Crippen molar-refractivity contribution in [3.63, 3.8) is 0 Å². The normalized spacial score (nSPS) is 16.4. The molecule has 5 rings (SSSR count). The lowest BCUT2D eigenvalue weighted by Crippen LogP contribution is -2.29. The molecule has 0 saturated carbocycles. The summed E-state index contributed by atoms with van der Waals surface area (Å²) in [6.07, 6.45) is 3.21. The third-order valence-electron chi connectivity index (χ3n) is 6.78. The Morgan fingerprint density at radius 3 is 2.63 bits per heavy atom. The first-order valence-corrected chi connectivity index (χ1v) is 13.3. The number of hydrogen-bond donors (Lipinski definition) is 2. The summed E-state index contributed by atoms with van der Waals surface area (Å²) in [5.74, 6) is -3.10. The molecular weight excluding hydrogens is 548 g/mol. The Balaban J connectivity index is 1.74. The molecule has 1 saturated heterocycles. The third-order valence-corrected chi connectivity index (χ3v) is 7.92. The fourth-order valence-corrected chi connectivity index (χ4v) is 5.75. The highest BCUT2D eigenvalue weighted by Gasteiger charge is 2.49. The number of carbonyl (C=O) groups is 3. The number of anilines is 1. The van der Waals surface area contributed by atoms with E-state index >= 15 is 0 Å². The number of benzene rings is 1. The Labute approximate surface area is 238 Å². The molecule has 3 aromatic heterocycles. The second kappa shape index (κ2) is 10.5. The quantitative estimate of drug-likeness (QED) is 0.108. The minimum atomic E-state index is -1.18. The highest BCUT2D eigenvalue weighted by molar-refractivity contribution is 7.17. The number of phenolic OH excluding ortho intramolecular Hbond substituents is 1. The Morgan fingerprint density at radius 2 is 1.95 bits per heavy atom. The molecule has 210 valence electrons. The second-order valence-electron chi connectivity index (χ2n) is 9.33. The molecule has 2 N–H and O–H groups in total. The number of ether oxygens (including phenoxy) is 2. The fourth-order valence-electron chi connectivity index (χ4n) is 4.76. The predicted octanol–water partition coefficient (Wildman–Crippen LogP) is 4.40. The number of aryl methyl sites for hydroxylation is 3. The van der Waals surface area contributed by atoms with Gasteiger partial charge in [-0.25, -0.2) is 14.8 Å². The number of carbonyl (C=O) groups excluding carboxylic acids is 3. The van der Waals surface area contributed by atoms with Crippen LogP contribution in [0.25, 0.3) is 11.4 Å². The van der Waals surface area contributed by atoms with Crippen LogP contribution < -0.4 is 9.64 Å². The van der Waals surface area contributed by atoms with Crippen LogP contribution in [0.3, 0.4) is 0 Å². The molecule has 41 heavy (non-hydrogen) atoms. The maximum absolute atomic E-state index is 13.6. The summed E-state index contributed by atoms with van der Waals surface area (Å²) in [5, 5.41) is 21.9. The highest BCUT2D eigenvalue weighted by Crippen LogP contribution is 2.45. The molecule has 0 spiro atoms. The summed E-state index contributed by atoms with van der Waals surface area (Å²) in [6.45, 7) is 8.72. The van der Waals surface area contributed by atoms with E-state index in [1.807, 2.05) is 19.1 Å². The van der Waals surface area contributed by atoms with Crippen molar-refractivity contribution in [2.24, 2.45) is 0 Å². The average molecular weight is 575 g/mol. The van der Waals surface area contributed by atoms with Crippen molar-refractivity contribution in [3.8, 4) is 11.5 Å². The van der Waals surface area contributed by atoms with E-state index in [1.54, 1.807) is 24.4 Å². The first-order valence-electron chi connectivity index (χ1n) is 12.5. The number of amides is 1. The van der Waals surface area contributed by atoms with Gasteiger partial charge >= 0.3 is 11.9 Å². The molecule has 0 radical (unpaired) electrons. The Hall–Kier alpha value is -4.97. The number of aromatic nitrogens is 3. The monoisotopic (exact) mass is 574 g/mol.